The molecule has 1 aromatic carbocycles. The molecule has 1 saturated heterocycles. The van der Waals surface area contributed by atoms with Gasteiger partial charge in [-0.05, 0) is 62.0 Å². The lowest BCUT2D eigenvalue weighted by Crippen LogP contribution is -2.39. The van der Waals surface area contributed by atoms with Crippen LogP contribution in [0.1, 0.15) is 42.6 Å². The quantitative estimate of drug-likeness (QED) is 0.549. The number of hydrogen-bond donors (Lipinski definition) is 3. The van der Waals surface area contributed by atoms with E-state index < -0.39 is 5.91 Å². The summed E-state index contributed by atoms with van der Waals surface area (Å²) in [5.74, 6) is -0.991. The van der Waals surface area contributed by atoms with E-state index in [1.165, 1.54) is 12.1 Å². The molecule has 0 saturated carbocycles. The largest absolute Gasteiger partial charge is 0.394 e. The number of hydrogen-bond acceptors (Lipinski definition) is 4. The van der Waals surface area contributed by atoms with Crippen molar-refractivity contribution in [1.82, 2.24) is 14.9 Å². The summed E-state index contributed by atoms with van der Waals surface area (Å²) in [4.78, 5) is 35.0. The molecule has 2 aromatic rings. The second-order valence-electron chi connectivity index (χ2n) is 7.62. The molecule has 3 rings (SSSR count). The zero-order valence-electron chi connectivity index (χ0n) is 18.0. The molecule has 1 aliphatic heterocycles. The van der Waals surface area contributed by atoms with Crippen molar-refractivity contribution in [2.24, 2.45) is 5.73 Å². The molecule has 4 N–H and O–H groups in total. The molecule has 168 valence electrons. The Balaban J connectivity index is 1.85. The summed E-state index contributed by atoms with van der Waals surface area (Å²) in [6.07, 6.45) is 6.65. The summed E-state index contributed by atoms with van der Waals surface area (Å²) in [7, 11) is 0. The number of carbonyl (C=O) groups excluding carboxylic acids is 2. The van der Waals surface area contributed by atoms with Gasteiger partial charge < -0.3 is 15.6 Å². The summed E-state index contributed by atoms with van der Waals surface area (Å²) >= 11 is 0. The van der Waals surface area contributed by atoms with Crippen LogP contribution in [0.2, 0.25) is 0 Å². The summed E-state index contributed by atoms with van der Waals surface area (Å²) in [6.45, 7) is 8.63. The lowest BCUT2D eigenvalue weighted by atomic mass is 10.0. The van der Waals surface area contributed by atoms with Gasteiger partial charge in [0, 0.05) is 18.7 Å². The van der Waals surface area contributed by atoms with Crippen LogP contribution in [0.3, 0.4) is 0 Å². The number of halogens is 1. The monoisotopic (exact) mass is 437 g/mol. The van der Waals surface area contributed by atoms with Crippen molar-refractivity contribution in [1.29, 1.82) is 0 Å². The van der Waals surface area contributed by atoms with Crippen molar-refractivity contribution < 1.29 is 14.0 Å². The average Bonchev–Trinajstić information content (AvgIpc) is 3.22. The number of nitrogens with two attached hydrogens (primary N) is 1. The number of nitrogens with one attached hydrogen (secondary N) is 2. The van der Waals surface area contributed by atoms with Gasteiger partial charge in [-0.15, -0.1) is 0 Å². The lowest BCUT2D eigenvalue weighted by molar-refractivity contribution is -0.128. The van der Waals surface area contributed by atoms with E-state index in [0.717, 1.165) is 24.8 Å². The van der Waals surface area contributed by atoms with Crippen LogP contribution in [0.4, 0.5) is 10.3 Å². The van der Waals surface area contributed by atoms with E-state index >= 15 is 0 Å². The molecule has 1 aliphatic rings. The number of likely N-dealkylation sites (tertiary alicyclic amines) is 1. The summed E-state index contributed by atoms with van der Waals surface area (Å²) in [6, 6.07) is 6.01. The summed E-state index contributed by atoms with van der Waals surface area (Å²) in [5, 5.41) is 2.69. The third kappa shape index (κ3) is 5.51. The van der Waals surface area contributed by atoms with E-state index in [-0.39, 0.29) is 35.4 Å². The third-order valence-electron chi connectivity index (χ3n) is 5.44. The Morgan fingerprint density at radius 2 is 1.84 bits per heavy atom. The van der Waals surface area contributed by atoms with Gasteiger partial charge in [0.15, 0.2) is 0 Å². The van der Waals surface area contributed by atoms with Gasteiger partial charge in [0.05, 0.1) is 11.4 Å². The highest BCUT2D eigenvalue weighted by Gasteiger charge is 2.25. The standard InChI is InChI=1S/C24H28FN5O2/c1-3-19-20(4-2)28-24(27-19)29-22(31)18(13-10-16-8-11-17(25)12-9-16)21(26)23(32)30-14-6-5-7-15-30/h3-4,8-9,11-12H,1-2,5-7,10,13-15,26H2,(H2,27,28,29,31)/b21-18-. The van der Waals surface area contributed by atoms with Gasteiger partial charge >= 0.3 is 0 Å². The number of nitrogens with zero attached hydrogens (tertiary/aromatic N) is 2. The van der Waals surface area contributed by atoms with Crippen molar-refractivity contribution in [2.45, 2.75) is 32.1 Å². The van der Waals surface area contributed by atoms with Gasteiger partial charge in [0.1, 0.15) is 11.5 Å². The third-order valence-corrected chi connectivity index (χ3v) is 5.44. The highest BCUT2D eigenvalue weighted by atomic mass is 19.1. The van der Waals surface area contributed by atoms with Gasteiger partial charge in [0.25, 0.3) is 11.8 Å². The zero-order valence-corrected chi connectivity index (χ0v) is 18.0. The molecule has 0 atom stereocenters. The fraction of sp³-hybridized carbons (Fsp3) is 0.292. The Kier molecular flexibility index (Phi) is 7.59. The van der Waals surface area contributed by atoms with Crippen LogP contribution >= 0.6 is 0 Å². The minimum Gasteiger partial charge on any atom is -0.394 e. The van der Waals surface area contributed by atoms with E-state index in [0.29, 0.717) is 30.9 Å². The van der Waals surface area contributed by atoms with E-state index in [1.807, 2.05) is 0 Å². The van der Waals surface area contributed by atoms with E-state index in [4.69, 9.17) is 5.73 Å². The number of amides is 2. The minimum atomic E-state index is -0.519. The number of carbonyl (C=O) groups is 2. The van der Waals surface area contributed by atoms with Crippen molar-refractivity contribution >= 4 is 29.9 Å². The number of benzene rings is 1. The van der Waals surface area contributed by atoms with Crippen LogP contribution in [-0.2, 0) is 16.0 Å². The molecule has 1 fully saturated rings. The molecular weight excluding hydrogens is 409 g/mol. The summed E-state index contributed by atoms with van der Waals surface area (Å²) in [5.41, 5.74) is 8.31. The van der Waals surface area contributed by atoms with Crippen LogP contribution in [0.25, 0.3) is 12.2 Å². The molecule has 0 spiro atoms. The molecule has 0 unspecified atom stereocenters. The van der Waals surface area contributed by atoms with E-state index in [1.54, 1.807) is 29.2 Å². The van der Waals surface area contributed by atoms with Crippen molar-refractivity contribution in [3.63, 3.8) is 0 Å². The second-order valence-corrected chi connectivity index (χ2v) is 7.62. The number of imidazole rings is 1. The Morgan fingerprint density at radius 3 is 2.44 bits per heavy atom. The lowest BCUT2D eigenvalue weighted by Gasteiger charge is -2.27. The van der Waals surface area contributed by atoms with Crippen LogP contribution in [0.15, 0.2) is 48.7 Å². The number of aromatic amines is 1. The molecule has 2 amide bonds. The number of H-pyrrole nitrogens is 1. The van der Waals surface area contributed by atoms with E-state index in [9.17, 15) is 14.0 Å². The number of rotatable bonds is 8. The number of piperidine rings is 1. The van der Waals surface area contributed by atoms with Crippen molar-refractivity contribution in [3.8, 4) is 0 Å². The first-order chi connectivity index (χ1) is 15.4. The minimum absolute atomic E-state index is 0.0778. The average molecular weight is 438 g/mol. The molecule has 7 nitrogen and oxygen atoms in total. The molecular formula is C24H28FN5O2. The summed E-state index contributed by atoms with van der Waals surface area (Å²) < 4.78 is 13.2. The number of aryl methyl sites for hydroxylation is 1. The Hall–Kier alpha value is -3.68. The number of anilines is 1. The van der Waals surface area contributed by atoms with Crippen molar-refractivity contribution in [3.05, 3.63) is 71.5 Å². The fourth-order valence-corrected chi connectivity index (χ4v) is 3.64. The Morgan fingerprint density at radius 1 is 1.16 bits per heavy atom. The number of aromatic nitrogens is 2. The predicted octanol–water partition coefficient (Wildman–Crippen LogP) is 3.63. The first-order valence-electron chi connectivity index (χ1n) is 10.6. The maximum Gasteiger partial charge on any atom is 0.270 e. The van der Waals surface area contributed by atoms with Crippen LogP contribution in [0, 0.1) is 5.82 Å². The molecule has 0 radical (unpaired) electrons. The predicted molar refractivity (Wildman–Crippen MR) is 124 cm³/mol. The van der Waals surface area contributed by atoms with Crippen LogP contribution in [-0.4, -0.2) is 39.8 Å². The van der Waals surface area contributed by atoms with Crippen LogP contribution in [0.5, 0.6) is 0 Å². The van der Waals surface area contributed by atoms with Gasteiger partial charge in [-0.1, -0.05) is 25.3 Å². The highest BCUT2D eigenvalue weighted by molar-refractivity contribution is 6.09. The maximum absolute atomic E-state index is 13.2. The second kappa shape index (κ2) is 10.6. The first kappa shape index (κ1) is 23.0. The van der Waals surface area contributed by atoms with Crippen molar-refractivity contribution in [2.75, 3.05) is 18.4 Å². The molecule has 2 heterocycles. The fourth-order valence-electron chi connectivity index (χ4n) is 3.64. The van der Waals surface area contributed by atoms with Gasteiger partial charge in [-0.2, -0.15) is 0 Å². The van der Waals surface area contributed by atoms with Gasteiger partial charge in [-0.3, -0.25) is 14.9 Å². The molecule has 32 heavy (non-hydrogen) atoms. The zero-order chi connectivity index (χ0) is 23.1. The Bertz CT molecular complexity index is 1010. The smallest absolute Gasteiger partial charge is 0.270 e. The molecule has 1 aromatic heterocycles. The normalized spacial score (nSPS) is 14.5. The topological polar surface area (TPSA) is 104 Å². The SMILES string of the molecule is C=Cc1nc(NC(=O)/C(CCc2ccc(F)cc2)=C(\N)C(=O)N2CCCCC2)[nH]c1C=C. The van der Waals surface area contributed by atoms with E-state index in [2.05, 4.69) is 28.4 Å². The first-order valence-corrected chi connectivity index (χ1v) is 10.6. The molecule has 0 aliphatic carbocycles. The maximum atomic E-state index is 13.2. The highest BCUT2D eigenvalue weighted by Crippen LogP contribution is 2.19. The van der Waals surface area contributed by atoms with Crippen LogP contribution < -0.4 is 11.1 Å². The Labute approximate surface area is 186 Å². The van der Waals surface area contributed by atoms with Gasteiger partial charge in [-0.25, -0.2) is 9.37 Å². The molecule has 0 bridgehead atoms. The molecule has 8 heteroatoms. The van der Waals surface area contributed by atoms with Gasteiger partial charge in [0.2, 0.25) is 5.95 Å².